The number of carbonyl (C=O) groups is 1. The molecule has 0 saturated carbocycles. The van der Waals surface area contributed by atoms with Crippen molar-refractivity contribution in [2.24, 2.45) is 0 Å². The van der Waals surface area contributed by atoms with Gasteiger partial charge >= 0.3 is 0 Å². The molecule has 1 aromatic heterocycles. The molecule has 4 nitrogen and oxygen atoms in total. The summed E-state index contributed by atoms with van der Waals surface area (Å²) in [5.74, 6) is 1.09. The minimum atomic E-state index is -0.0928. The number of hydrogen-bond acceptors (Lipinski definition) is 2. The van der Waals surface area contributed by atoms with Gasteiger partial charge in [-0.2, -0.15) is 0 Å². The monoisotopic (exact) mass is 299 g/mol. The largest absolute Gasteiger partial charge is 0.353 e. The van der Waals surface area contributed by atoms with E-state index in [2.05, 4.69) is 41.6 Å². The molecular formula is C18H25N3O. The number of aromatic nitrogens is 2. The van der Waals surface area contributed by atoms with E-state index in [1.807, 2.05) is 6.07 Å². The van der Waals surface area contributed by atoms with Crippen LogP contribution >= 0.6 is 0 Å². The molecule has 0 bridgehead atoms. The number of benzene rings is 1. The highest BCUT2D eigenvalue weighted by Gasteiger charge is 2.09. The number of imidazole rings is 1. The van der Waals surface area contributed by atoms with E-state index in [0.717, 1.165) is 50.7 Å². The van der Waals surface area contributed by atoms with Crippen LogP contribution < -0.4 is 5.32 Å². The first-order valence-corrected chi connectivity index (χ1v) is 8.10. The normalized spacial score (nSPS) is 10.8. The molecule has 0 unspecified atom stereocenters. The lowest BCUT2D eigenvalue weighted by atomic mass is 10.2. The van der Waals surface area contributed by atoms with Crippen molar-refractivity contribution in [3.8, 4) is 0 Å². The van der Waals surface area contributed by atoms with E-state index in [9.17, 15) is 4.79 Å². The molecule has 1 N–H and O–H groups in total. The molecule has 22 heavy (non-hydrogen) atoms. The van der Waals surface area contributed by atoms with Crippen LogP contribution in [0.25, 0.3) is 11.0 Å². The lowest BCUT2D eigenvalue weighted by Crippen LogP contribution is -2.21. The smallest absolute Gasteiger partial charge is 0.243 e. The molecule has 1 heterocycles. The maximum absolute atomic E-state index is 11.0. The van der Waals surface area contributed by atoms with E-state index in [4.69, 9.17) is 4.98 Å². The van der Waals surface area contributed by atoms with Crippen molar-refractivity contribution in [2.45, 2.75) is 45.6 Å². The predicted octanol–water partition coefficient (Wildman–Crippen LogP) is 3.46. The third-order valence-corrected chi connectivity index (χ3v) is 3.74. The molecule has 0 saturated heterocycles. The van der Waals surface area contributed by atoms with Crippen LogP contribution in [0.2, 0.25) is 0 Å². The number of rotatable bonds is 9. The first-order chi connectivity index (χ1) is 10.8. The first kappa shape index (κ1) is 16.3. The Morgan fingerprint density at radius 1 is 1.32 bits per heavy atom. The van der Waals surface area contributed by atoms with Gasteiger partial charge in [0.05, 0.1) is 11.0 Å². The van der Waals surface area contributed by atoms with Crippen LogP contribution in [0.1, 0.15) is 38.4 Å². The molecule has 0 aliphatic rings. The number of unbranched alkanes of at least 4 members (excludes halogenated alkanes) is 2. The Morgan fingerprint density at radius 2 is 2.14 bits per heavy atom. The van der Waals surface area contributed by atoms with Crippen LogP contribution in [0, 0.1) is 0 Å². The fraction of sp³-hybridized carbons (Fsp3) is 0.444. The molecule has 0 radical (unpaired) electrons. The number of hydrogen-bond donors (Lipinski definition) is 1. The second-order valence-corrected chi connectivity index (χ2v) is 5.47. The van der Waals surface area contributed by atoms with Gasteiger partial charge in [-0.1, -0.05) is 32.1 Å². The average molecular weight is 299 g/mol. The molecule has 2 rings (SSSR count). The summed E-state index contributed by atoms with van der Waals surface area (Å²) in [5.41, 5.74) is 2.32. The van der Waals surface area contributed by atoms with Gasteiger partial charge in [0.1, 0.15) is 5.82 Å². The molecular weight excluding hydrogens is 274 g/mol. The number of para-hydroxylation sites is 2. The Labute approximate surface area is 132 Å². The zero-order chi connectivity index (χ0) is 15.8. The van der Waals surface area contributed by atoms with E-state index in [1.165, 1.54) is 17.4 Å². The Hall–Kier alpha value is -2.10. The van der Waals surface area contributed by atoms with E-state index >= 15 is 0 Å². The van der Waals surface area contributed by atoms with Crippen LogP contribution in [0.4, 0.5) is 0 Å². The Bertz CT molecular complexity index is 630. The Kier molecular flexibility index (Phi) is 6.19. The number of amides is 1. The van der Waals surface area contributed by atoms with Gasteiger partial charge in [0.25, 0.3) is 0 Å². The van der Waals surface area contributed by atoms with Crippen LogP contribution in [-0.2, 0) is 17.8 Å². The SMILES string of the molecule is C=CC(=O)NCCCCCc1nc2ccccc2n1CCC. The summed E-state index contributed by atoms with van der Waals surface area (Å²) in [6.45, 7) is 7.37. The molecule has 1 amide bonds. The number of fused-ring (bicyclic) bond motifs is 1. The number of nitrogens with one attached hydrogen (secondary N) is 1. The summed E-state index contributed by atoms with van der Waals surface area (Å²) in [5, 5.41) is 2.81. The van der Waals surface area contributed by atoms with E-state index in [-0.39, 0.29) is 5.91 Å². The third kappa shape index (κ3) is 4.20. The fourth-order valence-corrected chi connectivity index (χ4v) is 2.66. The number of carbonyl (C=O) groups excluding carboxylic acids is 1. The van der Waals surface area contributed by atoms with Crippen LogP contribution in [0.5, 0.6) is 0 Å². The van der Waals surface area contributed by atoms with Gasteiger partial charge in [-0.25, -0.2) is 4.98 Å². The minimum Gasteiger partial charge on any atom is -0.353 e. The highest BCUT2D eigenvalue weighted by Crippen LogP contribution is 2.18. The molecule has 0 atom stereocenters. The summed E-state index contributed by atoms with van der Waals surface area (Å²) < 4.78 is 2.34. The Morgan fingerprint density at radius 3 is 2.91 bits per heavy atom. The molecule has 0 fully saturated rings. The van der Waals surface area contributed by atoms with Crippen molar-refractivity contribution in [3.05, 3.63) is 42.7 Å². The fourth-order valence-electron chi connectivity index (χ4n) is 2.66. The zero-order valence-corrected chi connectivity index (χ0v) is 13.3. The topological polar surface area (TPSA) is 46.9 Å². The summed E-state index contributed by atoms with van der Waals surface area (Å²) in [7, 11) is 0. The van der Waals surface area contributed by atoms with Gasteiger partial charge < -0.3 is 9.88 Å². The standard InChI is InChI=1S/C18H25N3O/c1-3-14-21-16-11-8-7-10-15(16)20-17(21)12-6-5-9-13-19-18(22)4-2/h4,7-8,10-11H,2-3,5-6,9,12-14H2,1H3,(H,19,22). The van der Waals surface area contributed by atoms with Crippen molar-refractivity contribution in [1.82, 2.24) is 14.9 Å². The van der Waals surface area contributed by atoms with E-state index < -0.39 is 0 Å². The molecule has 2 aromatic rings. The van der Waals surface area contributed by atoms with Crippen LogP contribution in [0.15, 0.2) is 36.9 Å². The van der Waals surface area contributed by atoms with Gasteiger partial charge in [0.2, 0.25) is 5.91 Å². The van der Waals surface area contributed by atoms with E-state index in [1.54, 1.807) is 0 Å². The molecule has 0 aliphatic carbocycles. The molecule has 1 aromatic carbocycles. The van der Waals surface area contributed by atoms with Gasteiger partial charge in [-0.05, 0) is 37.5 Å². The van der Waals surface area contributed by atoms with Crippen molar-refractivity contribution < 1.29 is 4.79 Å². The van der Waals surface area contributed by atoms with Crippen molar-refractivity contribution in [3.63, 3.8) is 0 Å². The summed E-state index contributed by atoms with van der Waals surface area (Å²) in [6.07, 6.45) is 6.59. The lowest BCUT2D eigenvalue weighted by Gasteiger charge is -2.07. The number of aryl methyl sites for hydroxylation is 2. The van der Waals surface area contributed by atoms with Gasteiger partial charge in [-0.15, -0.1) is 0 Å². The van der Waals surface area contributed by atoms with Crippen molar-refractivity contribution in [2.75, 3.05) is 6.54 Å². The highest BCUT2D eigenvalue weighted by atomic mass is 16.1. The van der Waals surface area contributed by atoms with Crippen molar-refractivity contribution >= 4 is 16.9 Å². The summed E-state index contributed by atoms with van der Waals surface area (Å²) >= 11 is 0. The van der Waals surface area contributed by atoms with Gasteiger partial charge in [0.15, 0.2) is 0 Å². The number of nitrogens with zero attached hydrogens (tertiary/aromatic N) is 2. The average Bonchev–Trinajstić information content (AvgIpc) is 2.89. The second-order valence-electron chi connectivity index (χ2n) is 5.47. The maximum Gasteiger partial charge on any atom is 0.243 e. The molecule has 0 spiro atoms. The van der Waals surface area contributed by atoms with Crippen LogP contribution in [0.3, 0.4) is 0 Å². The highest BCUT2D eigenvalue weighted by molar-refractivity contribution is 5.86. The van der Waals surface area contributed by atoms with Gasteiger partial charge in [-0.3, -0.25) is 4.79 Å². The minimum absolute atomic E-state index is 0.0928. The Balaban J connectivity index is 1.87. The molecule has 0 aliphatic heterocycles. The molecule has 4 heteroatoms. The van der Waals surface area contributed by atoms with Crippen LogP contribution in [-0.4, -0.2) is 22.0 Å². The van der Waals surface area contributed by atoms with Gasteiger partial charge in [0, 0.05) is 19.5 Å². The predicted molar refractivity (Wildman–Crippen MR) is 90.8 cm³/mol. The molecule has 118 valence electrons. The lowest BCUT2D eigenvalue weighted by molar-refractivity contribution is -0.116. The zero-order valence-electron chi connectivity index (χ0n) is 13.3. The van der Waals surface area contributed by atoms with E-state index in [0.29, 0.717) is 0 Å². The third-order valence-electron chi connectivity index (χ3n) is 3.74. The second kappa shape index (κ2) is 8.37. The maximum atomic E-state index is 11.0. The summed E-state index contributed by atoms with van der Waals surface area (Å²) in [6, 6.07) is 8.34. The first-order valence-electron chi connectivity index (χ1n) is 8.10. The van der Waals surface area contributed by atoms with Crippen molar-refractivity contribution in [1.29, 1.82) is 0 Å². The quantitative estimate of drug-likeness (QED) is 0.569. The summed E-state index contributed by atoms with van der Waals surface area (Å²) in [4.78, 5) is 15.8.